The highest BCUT2D eigenvalue weighted by Crippen LogP contribution is 2.41. The average Bonchev–Trinajstić information content (AvgIpc) is 2.88. The van der Waals surface area contributed by atoms with E-state index in [9.17, 15) is 44.4 Å². The van der Waals surface area contributed by atoms with E-state index in [1.54, 1.807) is 6.92 Å². The van der Waals surface area contributed by atoms with Crippen LogP contribution in [0.15, 0.2) is 45.5 Å². The van der Waals surface area contributed by atoms with Crippen molar-refractivity contribution in [1.29, 1.82) is 0 Å². The molecule has 1 aromatic heterocycles. The van der Waals surface area contributed by atoms with Crippen molar-refractivity contribution in [2.45, 2.75) is 36.0 Å². The van der Waals surface area contributed by atoms with E-state index >= 15 is 0 Å². The molecule has 1 saturated heterocycles. The number of rotatable bonds is 9. The second-order valence-corrected chi connectivity index (χ2v) is 10.2. The van der Waals surface area contributed by atoms with Crippen LogP contribution in [0.5, 0.6) is 11.6 Å². The first kappa shape index (κ1) is 27.0. The number of phenols is 1. The zero-order chi connectivity index (χ0) is 27.7. The summed E-state index contributed by atoms with van der Waals surface area (Å²) in [5.74, 6) is -6.75. The summed E-state index contributed by atoms with van der Waals surface area (Å²) in [5.41, 5.74) is -0.526. The second kappa shape index (κ2) is 10.7. The summed E-state index contributed by atoms with van der Waals surface area (Å²) in [7, 11) is 0. The summed E-state index contributed by atoms with van der Waals surface area (Å²) in [4.78, 5) is 62.7. The van der Waals surface area contributed by atoms with Gasteiger partial charge in [0.25, 0.3) is 11.8 Å². The number of β-lactam (4-membered cyclic amide) rings is 1. The van der Waals surface area contributed by atoms with Crippen molar-refractivity contribution in [2.75, 3.05) is 11.5 Å². The molecule has 1 aromatic carbocycles. The molecule has 38 heavy (non-hydrogen) atoms. The Morgan fingerprint density at radius 1 is 1.16 bits per heavy atom. The summed E-state index contributed by atoms with van der Waals surface area (Å²) >= 11 is 2.22. The molecule has 0 radical (unpaired) electrons. The second-order valence-electron chi connectivity index (χ2n) is 8.16. The van der Waals surface area contributed by atoms with Crippen molar-refractivity contribution in [3.63, 3.8) is 0 Å². The number of phenolic OH excluding ortho intramolecular Hbond substituents is 1. The van der Waals surface area contributed by atoms with Gasteiger partial charge in [-0.2, -0.15) is 0 Å². The number of thioether (sulfide) groups is 2. The first-order valence-corrected chi connectivity index (χ1v) is 13.1. The molecule has 3 atom stereocenters. The van der Waals surface area contributed by atoms with Gasteiger partial charge in [-0.15, -0.1) is 22.0 Å². The minimum absolute atomic E-state index is 0.0585. The van der Waals surface area contributed by atoms with Gasteiger partial charge in [-0.05, 0) is 30.2 Å². The molecule has 1 fully saturated rings. The predicted molar refractivity (Wildman–Crippen MR) is 133 cm³/mol. The van der Waals surface area contributed by atoms with Crippen molar-refractivity contribution >= 4 is 47.3 Å². The minimum Gasteiger partial charge on any atom is -0.508 e. The number of carbonyl (C=O) groups excluding carboxylic acids is 2. The van der Waals surface area contributed by atoms with Crippen LogP contribution in [0.3, 0.4) is 0 Å². The van der Waals surface area contributed by atoms with Crippen molar-refractivity contribution in [3.8, 4) is 11.6 Å². The number of carboxylic acid groups (broad SMARTS) is 2. The molecule has 16 heteroatoms. The topological polar surface area (TPSA) is 212 Å². The lowest BCUT2D eigenvalue weighted by atomic mass is 9.96. The standard InChI is InChI=1S/C22H21N5O9S2/c1-2-26-18(32)16(30)24-25-22(26)38-8-10-7-37-19-13(17(31)27(19)14(10)21(35)36)23-15(29)12(20(33)34)9-3-5-11(28)6-4-9/h3-6,12-13,19,28H,2,7-8H2,1H3,(H,23,29)(H,24,30)(H,33,34)(H,35,36)/t12?,13?,19-/m0/s1. The summed E-state index contributed by atoms with van der Waals surface area (Å²) in [6, 6.07) is 3.90. The van der Waals surface area contributed by atoms with Gasteiger partial charge >= 0.3 is 17.5 Å². The minimum atomic E-state index is -1.64. The first-order valence-electron chi connectivity index (χ1n) is 11.1. The van der Waals surface area contributed by atoms with Gasteiger partial charge in [-0.1, -0.05) is 23.9 Å². The molecule has 3 heterocycles. The van der Waals surface area contributed by atoms with Crippen LogP contribution >= 0.6 is 23.5 Å². The van der Waals surface area contributed by atoms with Gasteiger partial charge in [0.15, 0.2) is 11.1 Å². The molecule has 0 bridgehead atoms. The Labute approximate surface area is 222 Å². The molecule has 5 N–H and O–H groups in total. The molecule has 200 valence electrons. The lowest BCUT2D eigenvalue weighted by Crippen LogP contribution is -2.71. The van der Waals surface area contributed by atoms with E-state index < -0.39 is 52.5 Å². The number of aromatic nitrogens is 3. The van der Waals surface area contributed by atoms with Crippen molar-refractivity contribution in [2.24, 2.45) is 0 Å². The van der Waals surface area contributed by atoms with E-state index in [1.807, 2.05) is 0 Å². The third-order valence-corrected chi connectivity index (χ3v) is 8.27. The molecular weight excluding hydrogens is 542 g/mol. The summed E-state index contributed by atoms with van der Waals surface area (Å²) in [6.45, 7) is 1.86. The van der Waals surface area contributed by atoms with E-state index in [-0.39, 0.29) is 40.2 Å². The molecule has 2 aliphatic heterocycles. The highest BCUT2D eigenvalue weighted by Gasteiger charge is 2.54. The molecule has 0 aliphatic carbocycles. The Bertz CT molecular complexity index is 1410. The van der Waals surface area contributed by atoms with E-state index in [0.717, 1.165) is 16.7 Å². The maximum atomic E-state index is 12.9. The molecule has 4 rings (SSSR count). The first-order chi connectivity index (χ1) is 18.0. The van der Waals surface area contributed by atoms with Gasteiger partial charge < -0.3 is 25.7 Å². The third kappa shape index (κ3) is 4.91. The summed E-state index contributed by atoms with van der Waals surface area (Å²) in [5, 5.41) is 47.4. The fraction of sp³-hybridized carbons (Fsp3) is 0.318. The van der Waals surface area contributed by atoms with Crippen molar-refractivity contribution < 1.29 is 39.6 Å². The van der Waals surface area contributed by atoms with Crippen LogP contribution in [-0.2, 0) is 25.7 Å². The lowest BCUT2D eigenvalue weighted by Gasteiger charge is -2.49. The number of benzene rings is 1. The maximum Gasteiger partial charge on any atom is 0.352 e. The quantitative estimate of drug-likeness (QED) is 0.152. The van der Waals surface area contributed by atoms with Crippen LogP contribution in [0.2, 0.25) is 0 Å². The van der Waals surface area contributed by atoms with Gasteiger partial charge in [0.2, 0.25) is 5.91 Å². The Hall–Kier alpha value is -4.05. The van der Waals surface area contributed by atoms with Gasteiger partial charge in [-0.25, -0.2) is 4.79 Å². The Kier molecular flexibility index (Phi) is 7.63. The largest absolute Gasteiger partial charge is 0.508 e. The van der Waals surface area contributed by atoms with Crippen LogP contribution in [0, 0.1) is 0 Å². The Balaban J connectivity index is 1.51. The fourth-order valence-electron chi connectivity index (χ4n) is 4.04. The number of hydrogen-bond acceptors (Lipinski definition) is 11. The number of hydrogen-bond donors (Lipinski definition) is 5. The molecule has 2 unspecified atom stereocenters. The van der Waals surface area contributed by atoms with Crippen LogP contribution in [0.1, 0.15) is 18.4 Å². The van der Waals surface area contributed by atoms with E-state index in [2.05, 4.69) is 15.5 Å². The maximum absolute atomic E-state index is 12.9. The van der Waals surface area contributed by atoms with E-state index in [1.165, 1.54) is 40.6 Å². The number of aliphatic carboxylic acids is 2. The molecule has 2 amide bonds. The zero-order valence-corrected chi connectivity index (χ0v) is 21.2. The fourth-order valence-corrected chi connectivity index (χ4v) is 6.52. The number of aromatic hydroxyl groups is 2. The van der Waals surface area contributed by atoms with Crippen molar-refractivity contribution in [3.05, 3.63) is 51.5 Å². The van der Waals surface area contributed by atoms with Crippen LogP contribution in [-0.4, -0.2) is 86.8 Å². The lowest BCUT2D eigenvalue weighted by molar-refractivity contribution is -0.152. The highest BCUT2D eigenvalue weighted by atomic mass is 32.2. The predicted octanol–water partition coefficient (Wildman–Crippen LogP) is -0.232. The average molecular weight is 564 g/mol. The Morgan fingerprint density at radius 2 is 1.84 bits per heavy atom. The third-order valence-electron chi connectivity index (χ3n) is 5.87. The molecule has 0 spiro atoms. The van der Waals surface area contributed by atoms with E-state index in [0.29, 0.717) is 5.57 Å². The molecule has 2 aliphatic rings. The molecule has 0 saturated carbocycles. The van der Waals surface area contributed by atoms with Gasteiger partial charge in [0, 0.05) is 18.1 Å². The number of nitrogens with zero attached hydrogens (tertiary/aromatic N) is 4. The van der Waals surface area contributed by atoms with Gasteiger partial charge in [0.1, 0.15) is 22.9 Å². The number of carboxylic acids is 2. The monoisotopic (exact) mass is 563 g/mol. The Morgan fingerprint density at radius 3 is 2.45 bits per heavy atom. The zero-order valence-electron chi connectivity index (χ0n) is 19.6. The number of nitrogens with one attached hydrogen (secondary N) is 1. The van der Waals surface area contributed by atoms with E-state index in [4.69, 9.17) is 0 Å². The van der Waals surface area contributed by atoms with Gasteiger partial charge in [-0.3, -0.25) is 28.6 Å². The SMILES string of the molecule is CCn1c(SCC2=C(C(=O)O)N3C(=O)C(NC(=O)C(C(=O)O)c4ccc(O)cc4)[C@@H]3SC2)nnc(O)c1=O. The molecule has 14 nitrogen and oxygen atoms in total. The van der Waals surface area contributed by atoms with Crippen molar-refractivity contribution in [1.82, 2.24) is 25.0 Å². The smallest absolute Gasteiger partial charge is 0.352 e. The number of amides is 2. The molecule has 2 aromatic rings. The highest BCUT2D eigenvalue weighted by molar-refractivity contribution is 8.01. The summed E-state index contributed by atoms with van der Waals surface area (Å²) < 4.78 is 1.18. The summed E-state index contributed by atoms with van der Waals surface area (Å²) in [6.07, 6.45) is 0. The van der Waals surface area contributed by atoms with Crippen LogP contribution < -0.4 is 10.9 Å². The van der Waals surface area contributed by atoms with Gasteiger partial charge in [0.05, 0.1) is 0 Å². The van der Waals surface area contributed by atoms with Crippen LogP contribution in [0.25, 0.3) is 0 Å². The molecular formula is C22H21N5O9S2. The van der Waals surface area contributed by atoms with Crippen LogP contribution in [0.4, 0.5) is 0 Å². The normalized spacial score (nSPS) is 19.4. The number of carbonyl (C=O) groups is 4. The number of fused-ring (bicyclic) bond motifs is 1.